The minimum atomic E-state index is -3.40. The van der Waals surface area contributed by atoms with Crippen molar-refractivity contribution in [3.8, 4) is 0 Å². The summed E-state index contributed by atoms with van der Waals surface area (Å²) < 4.78 is 25.1. The minimum absolute atomic E-state index is 0.107. The number of hydrogen-bond donors (Lipinski definition) is 1. The fourth-order valence-electron chi connectivity index (χ4n) is 1.62. The van der Waals surface area contributed by atoms with E-state index in [0.717, 1.165) is 0 Å². The number of amides is 1. The van der Waals surface area contributed by atoms with Gasteiger partial charge in [-0.05, 0) is 32.0 Å². The van der Waals surface area contributed by atoms with Gasteiger partial charge >= 0.3 is 0 Å². The number of nitrogens with one attached hydrogen (secondary N) is 1. The summed E-state index contributed by atoms with van der Waals surface area (Å²) in [6, 6.07) is 6.48. The molecule has 7 heteroatoms. The van der Waals surface area contributed by atoms with Gasteiger partial charge in [0.2, 0.25) is 10.0 Å². The molecule has 0 heterocycles. The second-order valence-electron chi connectivity index (χ2n) is 3.88. The molecule has 0 aliphatic rings. The lowest BCUT2D eigenvalue weighted by atomic mass is 10.2. The third-order valence-electron chi connectivity index (χ3n) is 2.58. The van der Waals surface area contributed by atoms with Crippen molar-refractivity contribution in [2.45, 2.75) is 13.8 Å². The Bertz CT molecular complexity index is 542. The van der Waals surface area contributed by atoms with Gasteiger partial charge in [0.25, 0.3) is 5.91 Å². The van der Waals surface area contributed by atoms with E-state index in [-0.39, 0.29) is 10.6 Å². The van der Waals surface area contributed by atoms with Crippen LogP contribution in [0, 0.1) is 0 Å². The summed E-state index contributed by atoms with van der Waals surface area (Å²) >= 11 is 2.90. The summed E-state index contributed by atoms with van der Waals surface area (Å²) in [5.41, 5.74) is 0.857. The van der Waals surface area contributed by atoms with E-state index in [2.05, 4.69) is 20.7 Å². The molecular formula is C12H17BrN2O3S. The molecule has 0 fully saturated rings. The Morgan fingerprint density at radius 2 is 1.95 bits per heavy atom. The molecule has 0 aliphatic heterocycles. The van der Waals surface area contributed by atoms with Crippen molar-refractivity contribution in [2.24, 2.45) is 0 Å². The SMILES string of the molecule is CCN(CC)C(=O)c1cccc(NS(=O)(=O)CBr)c1. The van der Waals surface area contributed by atoms with E-state index in [1.807, 2.05) is 13.8 Å². The molecule has 1 aromatic rings. The largest absolute Gasteiger partial charge is 0.339 e. The van der Waals surface area contributed by atoms with Crippen molar-refractivity contribution in [1.29, 1.82) is 0 Å². The van der Waals surface area contributed by atoms with Crippen LogP contribution in [0.3, 0.4) is 0 Å². The highest BCUT2D eigenvalue weighted by Crippen LogP contribution is 2.15. The lowest BCUT2D eigenvalue weighted by Crippen LogP contribution is -2.30. The quantitative estimate of drug-likeness (QED) is 0.801. The smallest absolute Gasteiger partial charge is 0.253 e. The minimum Gasteiger partial charge on any atom is -0.339 e. The van der Waals surface area contributed by atoms with Gasteiger partial charge < -0.3 is 4.90 Å². The standard InChI is InChI=1S/C12H17BrN2O3S/c1-3-15(4-2)12(16)10-6-5-7-11(8-10)14-19(17,18)9-13/h5-8,14H,3-4,9H2,1-2H3. The predicted molar refractivity (Wildman–Crippen MR) is 80.0 cm³/mol. The maximum absolute atomic E-state index is 12.1. The first-order valence-electron chi connectivity index (χ1n) is 5.89. The van der Waals surface area contributed by atoms with E-state index in [4.69, 9.17) is 0 Å². The summed E-state index contributed by atoms with van der Waals surface area (Å²) in [5, 5.41) is 0. The van der Waals surface area contributed by atoms with Gasteiger partial charge in [-0.25, -0.2) is 8.42 Å². The molecule has 1 rings (SSSR count). The van der Waals surface area contributed by atoms with Crippen molar-refractivity contribution in [1.82, 2.24) is 4.90 Å². The van der Waals surface area contributed by atoms with Crippen LogP contribution in [-0.4, -0.2) is 37.0 Å². The molecule has 0 aliphatic carbocycles. The van der Waals surface area contributed by atoms with E-state index in [9.17, 15) is 13.2 Å². The molecule has 0 unspecified atom stereocenters. The lowest BCUT2D eigenvalue weighted by Gasteiger charge is -2.19. The highest BCUT2D eigenvalue weighted by Gasteiger charge is 2.14. The highest BCUT2D eigenvalue weighted by molar-refractivity contribution is 9.10. The summed E-state index contributed by atoms with van der Waals surface area (Å²) in [6.45, 7) is 5.04. The first-order valence-corrected chi connectivity index (χ1v) is 8.66. The third kappa shape index (κ3) is 4.50. The van der Waals surface area contributed by atoms with Crippen LogP contribution in [0.4, 0.5) is 5.69 Å². The van der Waals surface area contributed by atoms with Gasteiger partial charge in [-0.2, -0.15) is 0 Å². The number of hydrogen-bond acceptors (Lipinski definition) is 3. The Morgan fingerprint density at radius 1 is 1.32 bits per heavy atom. The molecule has 0 radical (unpaired) electrons. The van der Waals surface area contributed by atoms with E-state index in [1.54, 1.807) is 29.2 Å². The average molecular weight is 349 g/mol. The van der Waals surface area contributed by atoms with Crippen molar-refractivity contribution in [3.63, 3.8) is 0 Å². The van der Waals surface area contributed by atoms with E-state index >= 15 is 0 Å². The molecule has 19 heavy (non-hydrogen) atoms. The fourth-order valence-corrected chi connectivity index (χ4v) is 2.50. The number of rotatable bonds is 6. The second kappa shape index (κ2) is 6.91. The summed E-state index contributed by atoms with van der Waals surface area (Å²) in [7, 11) is -3.40. The number of sulfonamides is 1. The Labute approximate surface area is 122 Å². The maximum atomic E-state index is 12.1. The highest BCUT2D eigenvalue weighted by atomic mass is 79.9. The normalized spacial score (nSPS) is 11.1. The Kier molecular flexibility index (Phi) is 5.81. The van der Waals surface area contributed by atoms with Gasteiger partial charge in [-0.1, -0.05) is 22.0 Å². The number of benzene rings is 1. The number of carbonyl (C=O) groups is 1. The lowest BCUT2D eigenvalue weighted by molar-refractivity contribution is 0.0773. The van der Waals surface area contributed by atoms with Crippen LogP contribution in [0.2, 0.25) is 0 Å². The number of alkyl halides is 1. The number of halogens is 1. The van der Waals surface area contributed by atoms with Gasteiger partial charge in [-0.15, -0.1) is 0 Å². The van der Waals surface area contributed by atoms with Gasteiger partial charge in [0.15, 0.2) is 0 Å². The van der Waals surface area contributed by atoms with Crippen LogP contribution in [0.5, 0.6) is 0 Å². The molecule has 0 bridgehead atoms. The van der Waals surface area contributed by atoms with Crippen LogP contribution in [0.15, 0.2) is 24.3 Å². The second-order valence-corrected chi connectivity index (χ2v) is 6.91. The van der Waals surface area contributed by atoms with Gasteiger partial charge in [0.1, 0.15) is 4.66 Å². The van der Waals surface area contributed by atoms with Crippen LogP contribution in [-0.2, 0) is 10.0 Å². The average Bonchev–Trinajstić information content (AvgIpc) is 2.40. The van der Waals surface area contributed by atoms with E-state index in [1.165, 1.54) is 0 Å². The monoisotopic (exact) mass is 348 g/mol. The molecule has 5 nitrogen and oxygen atoms in total. The van der Waals surface area contributed by atoms with Gasteiger partial charge in [-0.3, -0.25) is 9.52 Å². The molecule has 0 aromatic heterocycles. The molecule has 1 N–H and O–H groups in total. The maximum Gasteiger partial charge on any atom is 0.253 e. The van der Waals surface area contributed by atoms with Crippen LogP contribution < -0.4 is 4.72 Å². The fraction of sp³-hybridized carbons (Fsp3) is 0.417. The molecular weight excluding hydrogens is 332 g/mol. The van der Waals surface area contributed by atoms with Crippen molar-refractivity contribution < 1.29 is 13.2 Å². The van der Waals surface area contributed by atoms with E-state index in [0.29, 0.717) is 24.3 Å². The molecule has 1 amide bonds. The Hall–Kier alpha value is -1.08. The first kappa shape index (κ1) is 16.0. The molecule has 0 spiro atoms. The van der Waals surface area contributed by atoms with Crippen molar-refractivity contribution >= 4 is 37.5 Å². The Morgan fingerprint density at radius 3 is 2.47 bits per heavy atom. The molecule has 0 saturated heterocycles. The third-order valence-corrected chi connectivity index (χ3v) is 5.22. The summed E-state index contributed by atoms with van der Waals surface area (Å²) in [6.07, 6.45) is 0. The zero-order valence-electron chi connectivity index (χ0n) is 10.9. The molecule has 1 aromatic carbocycles. The van der Waals surface area contributed by atoms with Crippen LogP contribution >= 0.6 is 15.9 Å². The van der Waals surface area contributed by atoms with Crippen LogP contribution in [0.1, 0.15) is 24.2 Å². The van der Waals surface area contributed by atoms with Crippen molar-refractivity contribution in [2.75, 3.05) is 22.5 Å². The number of carbonyl (C=O) groups excluding carboxylic acids is 1. The van der Waals surface area contributed by atoms with Crippen LogP contribution in [0.25, 0.3) is 0 Å². The number of nitrogens with zero attached hydrogens (tertiary/aromatic N) is 1. The summed E-state index contributed by atoms with van der Waals surface area (Å²) in [5.74, 6) is -0.107. The Balaban J connectivity index is 2.97. The first-order chi connectivity index (χ1) is 8.93. The number of anilines is 1. The molecule has 0 saturated carbocycles. The molecule has 106 valence electrons. The topological polar surface area (TPSA) is 66.5 Å². The zero-order valence-corrected chi connectivity index (χ0v) is 13.3. The van der Waals surface area contributed by atoms with Gasteiger partial charge in [0.05, 0.1) is 0 Å². The van der Waals surface area contributed by atoms with E-state index < -0.39 is 10.0 Å². The van der Waals surface area contributed by atoms with Crippen molar-refractivity contribution in [3.05, 3.63) is 29.8 Å². The molecule has 0 atom stereocenters. The van der Waals surface area contributed by atoms with Gasteiger partial charge in [0, 0.05) is 24.3 Å². The predicted octanol–water partition coefficient (Wildman–Crippen LogP) is 2.26. The zero-order chi connectivity index (χ0) is 14.5. The summed E-state index contributed by atoms with van der Waals surface area (Å²) in [4.78, 5) is 13.8.